The number of ether oxygens (including phenoxy) is 2. The van der Waals surface area contributed by atoms with E-state index >= 15 is 0 Å². The number of hydrogen-bond donors (Lipinski definition) is 2. The number of nitrogens with two attached hydrogens (primary N) is 1. The maximum atomic E-state index is 11.6. The Morgan fingerprint density at radius 1 is 1.32 bits per heavy atom. The maximum absolute atomic E-state index is 11.6. The zero-order chi connectivity index (χ0) is 14.1. The van der Waals surface area contributed by atoms with Gasteiger partial charge >= 0.3 is 0 Å². The number of benzene rings is 1. The zero-order valence-corrected chi connectivity index (χ0v) is 11.6. The third kappa shape index (κ3) is 4.79. The van der Waals surface area contributed by atoms with E-state index in [0.717, 1.165) is 12.0 Å². The van der Waals surface area contributed by atoms with Gasteiger partial charge in [-0.25, -0.2) is 0 Å². The number of hydrogen-bond acceptors (Lipinski definition) is 4. The van der Waals surface area contributed by atoms with Crippen molar-refractivity contribution in [3.05, 3.63) is 23.8 Å². The fourth-order valence-corrected chi connectivity index (χ4v) is 1.82. The smallest absolute Gasteiger partial charge is 0.220 e. The molecule has 19 heavy (non-hydrogen) atoms. The monoisotopic (exact) mass is 266 g/mol. The van der Waals surface area contributed by atoms with Gasteiger partial charge in [-0.2, -0.15) is 0 Å². The fourth-order valence-electron chi connectivity index (χ4n) is 1.82. The van der Waals surface area contributed by atoms with Crippen LogP contribution in [0.1, 0.15) is 18.4 Å². The fraction of sp³-hybridized carbons (Fsp3) is 0.500. The molecule has 0 aliphatic heterocycles. The first-order valence-electron chi connectivity index (χ1n) is 6.39. The highest BCUT2D eigenvalue weighted by molar-refractivity contribution is 5.76. The summed E-state index contributed by atoms with van der Waals surface area (Å²) in [5.74, 6) is 1.40. The molecule has 1 aromatic rings. The minimum atomic E-state index is 0.0262. The van der Waals surface area contributed by atoms with Crippen molar-refractivity contribution in [2.45, 2.75) is 19.3 Å². The molecule has 0 fully saturated rings. The van der Waals surface area contributed by atoms with Crippen LogP contribution >= 0.6 is 0 Å². The second kappa shape index (κ2) is 8.37. The van der Waals surface area contributed by atoms with E-state index < -0.39 is 0 Å². The minimum absolute atomic E-state index is 0.0262. The lowest BCUT2D eigenvalue weighted by Crippen LogP contribution is -2.26. The average Bonchev–Trinajstić information content (AvgIpc) is 2.44. The molecule has 3 N–H and O–H groups in total. The summed E-state index contributed by atoms with van der Waals surface area (Å²) in [6, 6.07) is 5.67. The number of methoxy groups -OCH3 is 2. The molecule has 0 spiro atoms. The van der Waals surface area contributed by atoms with E-state index in [0.29, 0.717) is 37.4 Å². The summed E-state index contributed by atoms with van der Waals surface area (Å²) in [5, 5.41) is 2.83. The number of para-hydroxylation sites is 1. The second-order valence-corrected chi connectivity index (χ2v) is 4.14. The van der Waals surface area contributed by atoms with Crippen molar-refractivity contribution in [1.82, 2.24) is 5.32 Å². The van der Waals surface area contributed by atoms with E-state index in [1.54, 1.807) is 14.2 Å². The molecule has 5 heteroatoms. The van der Waals surface area contributed by atoms with Crippen LogP contribution < -0.4 is 20.5 Å². The van der Waals surface area contributed by atoms with Gasteiger partial charge in [-0.1, -0.05) is 12.1 Å². The van der Waals surface area contributed by atoms with Crippen LogP contribution in [0.3, 0.4) is 0 Å². The predicted molar refractivity (Wildman–Crippen MR) is 74.5 cm³/mol. The quantitative estimate of drug-likeness (QED) is 0.691. The standard InChI is InChI=1S/C14H22N2O3/c1-18-12-6-3-5-11(14(12)19-2)7-8-13(17)16-10-4-9-15/h3,5-6H,4,7-10,15H2,1-2H3,(H,16,17). The van der Waals surface area contributed by atoms with E-state index in [1.165, 1.54) is 0 Å². The molecule has 0 bridgehead atoms. The van der Waals surface area contributed by atoms with Crippen LogP contribution in [-0.4, -0.2) is 33.2 Å². The molecule has 106 valence electrons. The van der Waals surface area contributed by atoms with Gasteiger partial charge in [0.2, 0.25) is 5.91 Å². The van der Waals surface area contributed by atoms with Gasteiger partial charge in [0.25, 0.3) is 0 Å². The molecular weight excluding hydrogens is 244 g/mol. The largest absolute Gasteiger partial charge is 0.493 e. The van der Waals surface area contributed by atoms with Crippen molar-refractivity contribution < 1.29 is 14.3 Å². The number of amides is 1. The van der Waals surface area contributed by atoms with Gasteiger partial charge in [0.15, 0.2) is 11.5 Å². The molecule has 0 aromatic heterocycles. The first-order chi connectivity index (χ1) is 9.22. The van der Waals surface area contributed by atoms with Crippen LogP contribution in [0.2, 0.25) is 0 Å². The molecule has 0 radical (unpaired) electrons. The Kier molecular flexibility index (Phi) is 6.74. The van der Waals surface area contributed by atoms with Gasteiger partial charge in [0.1, 0.15) is 0 Å². The van der Waals surface area contributed by atoms with Gasteiger partial charge in [0, 0.05) is 13.0 Å². The van der Waals surface area contributed by atoms with Gasteiger partial charge in [-0.05, 0) is 31.0 Å². The first-order valence-corrected chi connectivity index (χ1v) is 6.39. The van der Waals surface area contributed by atoms with Gasteiger partial charge in [-0.3, -0.25) is 4.79 Å². The number of aryl methyl sites for hydroxylation is 1. The Hall–Kier alpha value is -1.75. The number of rotatable bonds is 8. The summed E-state index contributed by atoms with van der Waals surface area (Å²) in [5.41, 5.74) is 6.34. The molecule has 5 nitrogen and oxygen atoms in total. The molecular formula is C14H22N2O3. The first kappa shape index (κ1) is 15.3. The zero-order valence-electron chi connectivity index (χ0n) is 11.6. The normalized spacial score (nSPS) is 10.1. The molecule has 1 amide bonds. The Morgan fingerprint density at radius 3 is 2.74 bits per heavy atom. The average molecular weight is 266 g/mol. The second-order valence-electron chi connectivity index (χ2n) is 4.14. The van der Waals surface area contributed by atoms with Crippen LogP contribution in [0.4, 0.5) is 0 Å². The highest BCUT2D eigenvalue weighted by Crippen LogP contribution is 2.31. The Labute approximate surface area is 114 Å². The molecule has 0 aliphatic carbocycles. The minimum Gasteiger partial charge on any atom is -0.493 e. The SMILES string of the molecule is COc1cccc(CCC(=O)NCCCN)c1OC. The third-order valence-electron chi connectivity index (χ3n) is 2.81. The molecule has 0 saturated carbocycles. The molecule has 0 saturated heterocycles. The molecule has 0 atom stereocenters. The van der Waals surface area contributed by atoms with Crippen molar-refractivity contribution in [3.8, 4) is 11.5 Å². The Morgan fingerprint density at radius 2 is 2.11 bits per heavy atom. The summed E-state index contributed by atoms with van der Waals surface area (Å²) >= 11 is 0. The van der Waals surface area contributed by atoms with Gasteiger partial charge in [-0.15, -0.1) is 0 Å². The van der Waals surface area contributed by atoms with Gasteiger partial charge in [0.05, 0.1) is 14.2 Å². The van der Waals surface area contributed by atoms with Crippen LogP contribution in [0.5, 0.6) is 11.5 Å². The van der Waals surface area contributed by atoms with Crippen molar-refractivity contribution >= 4 is 5.91 Å². The van der Waals surface area contributed by atoms with Crippen molar-refractivity contribution in [3.63, 3.8) is 0 Å². The number of carbonyl (C=O) groups excluding carboxylic acids is 1. The molecule has 0 unspecified atom stereocenters. The van der Waals surface area contributed by atoms with Crippen molar-refractivity contribution in [2.24, 2.45) is 5.73 Å². The van der Waals surface area contributed by atoms with E-state index in [-0.39, 0.29) is 5.91 Å². The summed E-state index contributed by atoms with van der Waals surface area (Å²) in [4.78, 5) is 11.6. The lowest BCUT2D eigenvalue weighted by Gasteiger charge is -2.12. The van der Waals surface area contributed by atoms with Crippen LogP contribution in [-0.2, 0) is 11.2 Å². The summed E-state index contributed by atoms with van der Waals surface area (Å²) in [7, 11) is 3.20. The molecule has 0 heterocycles. The van der Waals surface area contributed by atoms with E-state index in [1.807, 2.05) is 18.2 Å². The third-order valence-corrected chi connectivity index (χ3v) is 2.81. The highest BCUT2D eigenvalue weighted by Gasteiger charge is 2.10. The predicted octanol–water partition coefficient (Wildman–Crippen LogP) is 1.10. The Bertz CT molecular complexity index is 408. The van der Waals surface area contributed by atoms with Crippen molar-refractivity contribution in [2.75, 3.05) is 27.3 Å². The maximum Gasteiger partial charge on any atom is 0.220 e. The van der Waals surface area contributed by atoms with Crippen LogP contribution in [0.15, 0.2) is 18.2 Å². The van der Waals surface area contributed by atoms with Crippen LogP contribution in [0, 0.1) is 0 Å². The van der Waals surface area contributed by atoms with E-state index in [4.69, 9.17) is 15.2 Å². The topological polar surface area (TPSA) is 73.6 Å². The lowest BCUT2D eigenvalue weighted by molar-refractivity contribution is -0.121. The molecule has 1 rings (SSSR count). The molecule has 0 aliphatic rings. The highest BCUT2D eigenvalue weighted by atomic mass is 16.5. The van der Waals surface area contributed by atoms with Crippen molar-refractivity contribution in [1.29, 1.82) is 0 Å². The molecule has 1 aromatic carbocycles. The number of nitrogens with one attached hydrogen (secondary N) is 1. The van der Waals surface area contributed by atoms with E-state index in [2.05, 4.69) is 5.32 Å². The Balaban J connectivity index is 2.55. The summed E-state index contributed by atoms with van der Waals surface area (Å²) in [6.45, 7) is 1.22. The van der Waals surface area contributed by atoms with Gasteiger partial charge < -0.3 is 20.5 Å². The van der Waals surface area contributed by atoms with Crippen LogP contribution in [0.25, 0.3) is 0 Å². The lowest BCUT2D eigenvalue weighted by atomic mass is 10.1. The summed E-state index contributed by atoms with van der Waals surface area (Å²) in [6.07, 6.45) is 1.84. The van der Waals surface area contributed by atoms with E-state index in [9.17, 15) is 4.79 Å². The number of carbonyl (C=O) groups is 1. The summed E-state index contributed by atoms with van der Waals surface area (Å²) < 4.78 is 10.5.